The van der Waals surface area contributed by atoms with Crippen molar-refractivity contribution in [1.29, 1.82) is 0 Å². The molecule has 4 aromatic rings. The number of sulfone groups is 1. The maximum absolute atomic E-state index is 14.3. The van der Waals surface area contributed by atoms with E-state index in [0.717, 1.165) is 28.8 Å². The zero-order chi connectivity index (χ0) is 25.5. The molecule has 7 nitrogen and oxygen atoms in total. The molecule has 0 bridgehead atoms. The van der Waals surface area contributed by atoms with Gasteiger partial charge in [-0.05, 0) is 58.0 Å². The molecule has 35 heavy (non-hydrogen) atoms. The number of rotatable bonds is 7. The SMILES string of the molecule is Cc1cc(C)n(CCN(C(=O)c2cccc(S(=O)(=O)C(C)C)c2)c2nc3c(F)cc(F)cc3s2)n1. The molecule has 0 radical (unpaired) electrons. The van der Waals surface area contributed by atoms with Crippen LogP contribution in [0.5, 0.6) is 0 Å². The Balaban J connectivity index is 1.76. The predicted molar refractivity (Wildman–Crippen MR) is 132 cm³/mol. The number of hydrogen-bond donors (Lipinski definition) is 0. The van der Waals surface area contributed by atoms with E-state index < -0.39 is 32.6 Å². The number of thiazole rings is 1. The van der Waals surface area contributed by atoms with E-state index in [1.807, 2.05) is 19.9 Å². The Labute approximate surface area is 205 Å². The molecule has 0 aliphatic carbocycles. The lowest BCUT2D eigenvalue weighted by atomic mass is 10.2. The van der Waals surface area contributed by atoms with Crippen molar-refractivity contribution in [2.24, 2.45) is 0 Å². The Hall–Kier alpha value is -3.18. The van der Waals surface area contributed by atoms with Crippen LogP contribution in [-0.4, -0.2) is 40.9 Å². The maximum atomic E-state index is 14.3. The lowest BCUT2D eigenvalue weighted by Gasteiger charge is -2.21. The summed E-state index contributed by atoms with van der Waals surface area (Å²) in [4.78, 5) is 19.3. The van der Waals surface area contributed by atoms with E-state index in [-0.39, 0.29) is 32.4 Å². The summed E-state index contributed by atoms with van der Waals surface area (Å²) in [5.74, 6) is -2.07. The highest BCUT2D eigenvalue weighted by Gasteiger charge is 2.25. The number of benzene rings is 2. The molecule has 0 fully saturated rings. The van der Waals surface area contributed by atoms with Gasteiger partial charge in [0.05, 0.1) is 27.1 Å². The van der Waals surface area contributed by atoms with Crippen LogP contribution in [0.4, 0.5) is 13.9 Å². The Morgan fingerprint density at radius 1 is 1.14 bits per heavy atom. The number of carbonyl (C=O) groups excluding carboxylic acids is 1. The molecular formula is C24H24F2N4O3S2. The van der Waals surface area contributed by atoms with Gasteiger partial charge < -0.3 is 0 Å². The van der Waals surface area contributed by atoms with Gasteiger partial charge in [0.1, 0.15) is 11.3 Å². The fourth-order valence-electron chi connectivity index (χ4n) is 3.68. The second kappa shape index (κ2) is 9.46. The predicted octanol–water partition coefficient (Wildman–Crippen LogP) is 4.92. The minimum atomic E-state index is -3.60. The molecule has 0 unspecified atom stereocenters. The average Bonchev–Trinajstić information content (AvgIpc) is 3.36. The summed E-state index contributed by atoms with van der Waals surface area (Å²) in [6, 6.07) is 9.62. The van der Waals surface area contributed by atoms with Crippen molar-refractivity contribution in [2.75, 3.05) is 11.4 Å². The van der Waals surface area contributed by atoms with Crippen molar-refractivity contribution in [3.63, 3.8) is 0 Å². The molecular weight excluding hydrogens is 494 g/mol. The largest absolute Gasteiger partial charge is 0.282 e. The summed E-state index contributed by atoms with van der Waals surface area (Å²) in [5, 5.41) is 3.93. The number of aryl methyl sites for hydroxylation is 2. The van der Waals surface area contributed by atoms with E-state index >= 15 is 0 Å². The topological polar surface area (TPSA) is 85.2 Å². The fourth-order valence-corrected chi connectivity index (χ4v) is 5.81. The van der Waals surface area contributed by atoms with Gasteiger partial charge in [-0.15, -0.1) is 0 Å². The average molecular weight is 519 g/mol. The van der Waals surface area contributed by atoms with Crippen LogP contribution in [-0.2, 0) is 16.4 Å². The third kappa shape index (κ3) is 4.96. The van der Waals surface area contributed by atoms with E-state index in [9.17, 15) is 22.0 Å². The third-order valence-electron chi connectivity index (χ3n) is 5.55. The van der Waals surface area contributed by atoms with Crippen molar-refractivity contribution in [3.05, 3.63) is 71.1 Å². The van der Waals surface area contributed by atoms with Crippen LogP contribution in [0.3, 0.4) is 0 Å². The van der Waals surface area contributed by atoms with Crippen molar-refractivity contribution in [1.82, 2.24) is 14.8 Å². The zero-order valence-electron chi connectivity index (χ0n) is 19.6. The van der Waals surface area contributed by atoms with Crippen molar-refractivity contribution >= 4 is 42.4 Å². The van der Waals surface area contributed by atoms with E-state index in [4.69, 9.17) is 0 Å². The molecule has 1 amide bonds. The van der Waals surface area contributed by atoms with E-state index in [2.05, 4.69) is 10.1 Å². The summed E-state index contributed by atoms with van der Waals surface area (Å²) >= 11 is 0.982. The molecule has 2 heterocycles. The van der Waals surface area contributed by atoms with E-state index in [1.165, 1.54) is 35.2 Å². The highest BCUT2D eigenvalue weighted by atomic mass is 32.2. The molecule has 0 atom stereocenters. The monoisotopic (exact) mass is 518 g/mol. The van der Waals surface area contributed by atoms with Crippen LogP contribution >= 0.6 is 11.3 Å². The summed E-state index contributed by atoms with van der Waals surface area (Å²) < 4.78 is 55.4. The number of nitrogens with zero attached hydrogens (tertiary/aromatic N) is 4. The number of amides is 1. The summed E-state index contributed by atoms with van der Waals surface area (Å²) in [5.41, 5.74) is 1.83. The Bertz CT molecular complexity index is 1530. The molecule has 184 valence electrons. The first-order chi connectivity index (χ1) is 16.5. The highest BCUT2D eigenvalue weighted by molar-refractivity contribution is 7.92. The zero-order valence-corrected chi connectivity index (χ0v) is 21.3. The minimum Gasteiger partial charge on any atom is -0.282 e. The van der Waals surface area contributed by atoms with Crippen LogP contribution in [0.1, 0.15) is 35.6 Å². The Morgan fingerprint density at radius 2 is 1.89 bits per heavy atom. The van der Waals surface area contributed by atoms with Gasteiger partial charge in [0.2, 0.25) is 0 Å². The van der Waals surface area contributed by atoms with Crippen molar-refractivity contribution in [2.45, 2.75) is 44.4 Å². The quantitative estimate of drug-likeness (QED) is 0.347. The van der Waals surface area contributed by atoms with Gasteiger partial charge in [0, 0.05) is 23.9 Å². The number of hydrogen-bond acceptors (Lipinski definition) is 6. The molecule has 0 spiro atoms. The number of anilines is 1. The van der Waals surface area contributed by atoms with Crippen molar-refractivity contribution < 1.29 is 22.0 Å². The number of fused-ring (bicyclic) bond motifs is 1. The summed E-state index contributed by atoms with van der Waals surface area (Å²) in [6.45, 7) is 7.34. The number of carbonyl (C=O) groups is 1. The molecule has 0 aliphatic heterocycles. The number of aromatic nitrogens is 3. The van der Waals surface area contributed by atoms with Gasteiger partial charge in [-0.2, -0.15) is 5.10 Å². The lowest BCUT2D eigenvalue weighted by Crippen LogP contribution is -2.34. The fraction of sp³-hybridized carbons (Fsp3) is 0.292. The second-order valence-electron chi connectivity index (χ2n) is 8.46. The van der Waals surface area contributed by atoms with Gasteiger partial charge in [-0.3, -0.25) is 14.4 Å². The molecule has 2 aromatic carbocycles. The molecule has 4 rings (SSSR count). The number of halogens is 2. The molecule has 2 aromatic heterocycles. The summed E-state index contributed by atoms with van der Waals surface area (Å²) in [7, 11) is -3.60. The molecule has 0 saturated carbocycles. The highest BCUT2D eigenvalue weighted by Crippen LogP contribution is 2.32. The molecule has 11 heteroatoms. The van der Waals surface area contributed by atoms with Crippen LogP contribution in [0.25, 0.3) is 10.2 Å². The van der Waals surface area contributed by atoms with Gasteiger partial charge in [-0.25, -0.2) is 22.2 Å². The van der Waals surface area contributed by atoms with Gasteiger partial charge in [0.25, 0.3) is 5.91 Å². The van der Waals surface area contributed by atoms with Crippen LogP contribution < -0.4 is 4.90 Å². The lowest BCUT2D eigenvalue weighted by molar-refractivity contribution is 0.0985. The first kappa shape index (κ1) is 24.9. The molecule has 0 aliphatic rings. The Kier molecular flexibility index (Phi) is 6.74. The van der Waals surface area contributed by atoms with Gasteiger partial charge >= 0.3 is 0 Å². The van der Waals surface area contributed by atoms with E-state index in [0.29, 0.717) is 6.54 Å². The van der Waals surface area contributed by atoms with Crippen LogP contribution in [0.15, 0.2) is 47.4 Å². The maximum Gasteiger partial charge on any atom is 0.260 e. The van der Waals surface area contributed by atoms with Gasteiger partial charge in [-0.1, -0.05) is 17.4 Å². The first-order valence-corrected chi connectivity index (χ1v) is 13.3. The van der Waals surface area contributed by atoms with Crippen molar-refractivity contribution in [3.8, 4) is 0 Å². The van der Waals surface area contributed by atoms with E-state index in [1.54, 1.807) is 18.5 Å². The normalized spacial score (nSPS) is 12.0. The Morgan fingerprint density at radius 3 is 2.54 bits per heavy atom. The van der Waals surface area contributed by atoms with Crippen LogP contribution in [0, 0.1) is 25.5 Å². The standard InChI is InChI=1S/C24H24F2N4O3S2/c1-14(2)35(32,33)19-7-5-6-17(11-19)23(31)29(8-9-30-16(4)10-15(3)28-30)24-27-22-20(26)12-18(25)13-21(22)34-24/h5-7,10-14H,8-9H2,1-4H3. The first-order valence-electron chi connectivity index (χ1n) is 10.9. The molecule has 0 saturated heterocycles. The van der Waals surface area contributed by atoms with Gasteiger partial charge in [0.15, 0.2) is 20.8 Å². The third-order valence-corrected chi connectivity index (χ3v) is 8.72. The summed E-state index contributed by atoms with van der Waals surface area (Å²) in [6.07, 6.45) is 0. The smallest absolute Gasteiger partial charge is 0.260 e. The minimum absolute atomic E-state index is 0.0357. The molecule has 0 N–H and O–H groups in total. The van der Waals surface area contributed by atoms with Crippen LogP contribution in [0.2, 0.25) is 0 Å². The second-order valence-corrected chi connectivity index (χ2v) is 12.0.